The summed E-state index contributed by atoms with van der Waals surface area (Å²) in [6, 6.07) is 6.55. The van der Waals surface area contributed by atoms with Crippen molar-refractivity contribution in [3.63, 3.8) is 0 Å². The van der Waals surface area contributed by atoms with Crippen molar-refractivity contribution in [3.05, 3.63) is 52.6 Å². The van der Waals surface area contributed by atoms with Gasteiger partial charge in [0.1, 0.15) is 12.6 Å². The summed E-state index contributed by atoms with van der Waals surface area (Å²) >= 11 is 0. The summed E-state index contributed by atoms with van der Waals surface area (Å²) in [5.41, 5.74) is 1.78. The van der Waals surface area contributed by atoms with E-state index in [9.17, 15) is 15.2 Å². The molecule has 10 nitrogen and oxygen atoms in total. The fourth-order valence-electron chi connectivity index (χ4n) is 3.24. The van der Waals surface area contributed by atoms with Gasteiger partial charge >= 0.3 is 0 Å². The van der Waals surface area contributed by atoms with Crippen LogP contribution in [0.4, 0.5) is 11.5 Å². The van der Waals surface area contributed by atoms with Gasteiger partial charge in [0.2, 0.25) is 0 Å². The highest BCUT2D eigenvalue weighted by molar-refractivity contribution is 5.82. The van der Waals surface area contributed by atoms with Crippen molar-refractivity contribution in [2.45, 2.75) is 31.7 Å². The molecule has 0 bridgehead atoms. The van der Waals surface area contributed by atoms with Gasteiger partial charge in [-0.25, -0.2) is 15.0 Å². The van der Waals surface area contributed by atoms with E-state index in [1.54, 1.807) is 24.5 Å². The number of fused-ring (bicyclic) bond motifs is 1. The third-order valence-electron chi connectivity index (χ3n) is 4.59. The highest BCUT2D eigenvalue weighted by Gasteiger charge is 2.27. The molecule has 3 aromatic rings. The van der Waals surface area contributed by atoms with Crippen LogP contribution >= 0.6 is 0 Å². The number of nitro benzene ring substituents is 1. The Bertz CT molecular complexity index is 975. The van der Waals surface area contributed by atoms with Crippen LogP contribution in [0.25, 0.3) is 11.2 Å². The van der Waals surface area contributed by atoms with Crippen LogP contribution in [0.2, 0.25) is 0 Å². The van der Waals surface area contributed by atoms with Crippen LogP contribution < -0.4 is 5.32 Å². The van der Waals surface area contributed by atoms with Crippen LogP contribution in [-0.4, -0.2) is 42.3 Å². The van der Waals surface area contributed by atoms with Crippen molar-refractivity contribution in [3.8, 4) is 0 Å². The van der Waals surface area contributed by atoms with E-state index in [0.717, 1.165) is 12.8 Å². The first-order valence-corrected chi connectivity index (χ1v) is 8.57. The molecule has 4 rings (SSSR count). The first kappa shape index (κ1) is 17.3. The topological polar surface area (TPSA) is 128 Å². The molecular weight excluding hydrogens is 352 g/mol. The van der Waals surface area contributed by atoms with Gasteiger partial charge in [0.15, 0.2) is 17.0 Å². The Morgan fingerprint density at radius 1 is 1.30 bits per heavy atom. The Kier molecular flexibility index (Phi) is 4.65. The zero-order valence-corrected chi connectivity index (χ0v) is 14.4. The Morgan fingerprint density at radius 2 is 2.15 bits per heavy atom. The SMILES string of the molecule is O=[N+]([O-])c1ccccc1CNc1ncnc2c1ncn2[C@H]1CC[C@@H](CO)O1. The van der Waals surface area contributed by atoms with E-state index >= 15 is 0 Å². The summed E-state index contributed by atoms with van der Waals surface area (Å²) in [4.78, 5) is 23.6. The quantitative estimate of drug-likeness (QED) is 0.498. The van der Waals surface area contributed by atoms with Gasteiger partial charge in [-0.15, -0.1) is 0 Å². The molecule has 1 saturated heterocycles. The lowest BCUT2D eigenvalue weighted by Gasteiger charge is -2.14. The Hall–Kier alpha value is -3.11. The summed E-state index contributed by atoms with van der Waals surface area (Å²) in [5.74, 6) is 0.494. The highest BCUT2D eigenvalue weighted by Crippen LogP contribution is 2.31. The van der Waals surface area contributed by atoms with E-state index in [0.29, 0.717) is 22.5 Å². The number of aromatic nitrogens is 4. The van der Waals surface area contributed by atoms with Gasteiger partial charge in [-0.3, -0.25) is 14.7 Å². The first-order valence-electron chi connectivity index (χ1n) is 8.57. The largest absolute Gasteiger partial charge is 0.394 e. The van der Waals surface area contributed by atoms with Crippen molar-refractivity contribution in [2.75, 3.05) is 11.9 Å². The Balaban J connectivity index is 1.58. The number of ether oxygens (including phenoxy) is 1. The highest BCUT2D eigenvalue weighted by atomic mass is 16.6. The first-order chi connectivity index (χ1) is 13.2. The van der Waals surface area contributed by atoms with E-state index in [1.807, 2.05) is 4.57 Å². The summed E-state index contributed by atoms with van der Waals surface area (Å²) in [6.07, 6.45) is 4.19. The lowest BCUT2D eigenvalue weighted by atomic mass is 10.2. The Labute approximate surface area is 154 Å². The number of imidazole rings is 1. The molecule has 2 aromatic heterocycles. The lowest BCUT2D eigenvalue weighted by molar-refractivity contribution is -0.385. The predicted octanol–water partition coefficient (Wildman–Crippen LogP) is 2.02. The summed E-state index contributed by atoms with van der Waals surface area (Å²) in [7, 11) is 0. The number of para-hydroxylation sites is 1. The molecule has 1 fully saturated rings. The van der Waals surface area contributed by atoms with Gasteiger partial charge < -0.3 is 15.2 Å². The fourth-order valence-corrected chi connectivity index (χ4v) is 3.24. The molecule has 10 heteroatoms. The van der Waals surface area contributed by atoms with Crippen LogP contribution in [0, 0.1) is 10.1 Å². The normalized spacial score (nSPS) is 19.4. The van der Waals surface area contributed by atoms with E-state index in [1.165, 1.54) is 12.4 Å². The zero-order valence-electron chi connectivity index (χ0n) is 14.4. The molecule has 0 aliphatic carbocycles. The van der Waals surface area contributed by atoms with Crippen molar-refractivity contribution >= 4 is 22.7 Å². The van der Waals surface area contributed by atoms with Crippen molar-refractivity contribution in [1.82, 2.24) is 19.5 Å². The molecule has 2 atom stereocenters. The summed E-state index contributed by atoms with van der Waals surface area (Å²) in [5, 5.41) is 23.5. The van der Waals surface area contributed by atoms with Crippen LogP contribution in [0.1, 0.15) is 24.6 Å². The number of hydrogen-bond acceptors (Lipinski definition) is 8. The maximum absolute atomic E-state index is 11.2. The number of nitrogens with zero attached hydrogens (tertiary/aromatic N) is 5. The minimum absolute atomic E-state index is 0.0131. The second-order valence-corrected chi connectivity index (χ2v) is 6.26. The van der Waals surface area contributed by atoms with Crippen molar-refractivity contribution in [1.29, 1.82) is 0 Å². The van der Waals surface area contributed by atoms with Crippen LogP contribution in [-0.2, 0) is 11.3 Å². The third kappa shape index (κ3) is 3.32. The molecule has 1 aliphatic rings. The van der Waals surface area contributed by atoms with Crippen molar-refractivity contribution < 1.29 is 14.8 Å². The maximum atomic E-state index is 11.2. The Morgan fingerprint density at radius 3 is 2.93 bits per heavy atom. The number of nitrogens with one attached hydrogen (secondary N) is 1. The van der Waals surface area contributed by atoms with E-state index < -0.39 is 4.92 Å². The summed E-state index contributed by atoms with van der Waals surface area (Å²) in [6.45, 7) is 0.226. The molecule has 1 aliphatic heterocycles. The molecule has 0 saturated carbocycles. The minimum atomic E-state index is -0.406. The number of aliphatic hydroxyl groups excluding tert-OH is 1. The standard InChI is InChI=1S/C17H18N6O4/c24-8-12-5-6-14(27-12)22-10-21-15-16(19-9-20-17(15)22)18-7-11-3-1-2-4-13(11)23(25)26/h1-4,9-10,12,14,24H,5-8H2,(H,18,19,20)/t12-,14+/m0/s1. The number of benzene rings is 1. The average molecular weight is 370 g/mol. The number of rotatable bonds is 6. The van der Waals surface area contributed by atoms with Crippen LogP contribution in [0.15, 0.2) is 36.9 Å². The van der Waals surface area contributed by atoms with E-state index in [2.05, 4.69) is 20.3 Å². The molecule has 27 heavy (non-hydrogen) atoms. The molecule has 2 N–H and O–H groups in total. The van der Waals surface area contributed by atoms with Gasteiger partial charge in [-0.2, -0.15) is 0 Å². The molecule has 140 valence electrons. The number of aliphatic hydroxyl groups is 1. The average Bonchev–Trinajstić information content (AvgIpc) is 3.33. The molecule has 3 heterocycles. The van der Waals surface area contributed by atoms with Gasteiger partial charge in [0.05, 0.1) is 24.0 Å². The number of hydrogen-bond donors (Lipinski definition) is 2. The van der Waals surface area contributed by atoms with Crippen LogP contribution in [0.3, 0.4) is 0 Å². The van der Waals surface area contributed by atoms with E-state index in [4.69, 9.17) is 4.74 Å². The van der Waals surface area contributed by atoms with Gasteiger partial charge in [-0.05, 0) is 12.8 Å². The van der Waals surface area contributed by atoms with Gasteiger partial charge in [-0.1, -0.05) is 18.2 Å². The minimum Gasteiger partial charge on any atom is -0.394 e. The smallest absolute Gasteiger partial charge is 0.274 e. The van der Waals surface area contributed by atoms with E-state index in [-0.39, 0.29) is 31.2 Å². The lowest BCUT2D eigenvalue weighted by Crippen LogP contribution is -2.14. The van der Waals surface area contributed by atoms with Crippen LogP contribution in [0.5, 0.6) is 0 Å². The summed E-state index contributed by atoms with van der Waals surface area (Å²) < 4.78 is 7.61. The molecule has 0 radical (unpaired) electrons. The predicted molar refractivity (Wildman–Crippen MR) is 96.0 cm³/mol. The maximum Gasteiger partial charge on any atom is 0.274 e. The molecule has 0 amide bonds. The second-order valence-electron chi connectivity index (χ2n) is 6.26. The van der Waals surface area contributed by atoms with Gasteiger partial charge in [0, 0.05) is 18.2 Å². The zero-order chi connectivity index (χ0) is 18.8. The monoisotopic (exact) mass is 370 g/mol. The van der Waals surface area contributed by atoms with Crippen molar-refractivity contribution in [2.24, 2.45) is 0 Å². The van der Waals surface area contributed by atoms with Gasteiger partial charge in [0.25, 0.3) is 5.69 Å². The molecule has 0 unspecified atom stereocenters. The number of nitro groups is 1. The fraction of sp³-hybridized carbons (Fsp3) is 0.353. The molecule has 0 spiro atoms. The molecular formula is C17H18N6O4. The number of anilines is 1. The molecule has 1 aromatic carbocycles. The third-order valence-corrected chi connectivity index (χ3v) is 4.59. The second kappa shape index (κ2) is 7.25.